The van der Waals surface area contributed by atoms with Gasteiger partial charge in [-0.1, -0.05) is 18.1 Å². The molecule has 1 saturated heterocycles. The molecule has 0 radical (unpaired) electrons. The van der Waals surface area contributed by atoms with Crippen LogP contribution >= 0.6 is 0 Å². The molecule has 1 fully saturated rings. The number of halogens is 2. The van der Waals surface area contributed by atoms with Crippen LogP contribution in [0, 0.1) is 19.3 Å². The van der Waals surface area contributed by atoms with Gasteiger partial charge in [0.2, 0.25) is 12.8 Å². The summed E-state index contributed by atoms with van der Waals surface area (Å²) in [5.74, 6) is 2.80. The molecule has 0 spiro atoms. The average Bonchev–Trinajstić information content (AvgIpc) is 2.92. The number of amides is 4. The van der Waals surface area contributed by atoms with Crippen molar-refractivity contribution in [3.63, 3.8) is 0 Å². The fourth-order valence-corrected chi connectivity index (χ4v) is 4.17. The number of aryl methyl sites for hydroxylation is 1. The van der Waals surface area contributed by atoms with Crippen molar-refractivity contribution in [1.29, 1.82) is 0 Å². The molecule has 36 heavy (non-hydrogen) atoms. The quantitative estimate of drug-likeness (QED) is 0.369. The third kappa shape index (κ3) is 6.39. The zero-order valence-corrected chi connectivity index (χ0v) is 20.1. The molecular formula is C27H29F2N3O4. The number of piperidine rings is 1. The van der Waals surface area contributed by atoms with Crippen molar-refractivity contribution in [2.24, 2.45) is 0 Å². The van der Waals surface area contributed by atoms with Gasteiger partial charge in [-0.05, 0) is 61.2 Å². The number of ether oxygens (including phenoxy) is 1. The van der Waals surface area contributed by atoms with E-state index in [0.717, 1.165) is 16.9 Å². The molecule has 4 amide bonds. The molecule has 0 N–H and O–H groups in total. The molecule has 0 unspecified atom stereocenters. The fourth-order valence-electron chi connectivity index (χ4n) is 4.17. The van der Waals surface area contributed by atoms with Crippen LogP contribution in [0.3, 0.4) is 0 Å². The van der Waals surface area contributed by atoms with Crippen LogP contribution < -0.4 is 9.64 Å². The lowest BCUT2D eigenvalue weighted by molar-refractivity contribution is -0.119. The second-order valence-electron chi connectivity index (χ2n) is 8.60. The number of rotatable bonds is 10. The van der Waals surface area contributed by atoms with Gasteiger partial charge in [0.05, 0.1) is 6.54 Å². The van der Waals surface area contributed by atoms with E-state index in [0.29, 0.717) is 49.2 Å². The van der Waals surface area contributed by atoms with E-state index in [2.05, 4.69) is 5.92 Å². The highest BCUT2D eigenvalue weighted by Crippen LogP contribution is 2.31. The predicted octanol–water partition coefficient (Wildman–Crippen LogP) is 3.87. The molecule has 190 valence electrons. The number of nitrogens with zero attached hydrogens (tertiary/aromatic N) is 3. The Kier molecular flexibility index (Phi) is 9.39. The van der Waals surface area contributed by atoms with Crippen molar-refractivity contribution < 1.29 is 27.9 Å². The monoisotopic (exact) mass is 497 g/mol. The van der Waals surface area contributed by atoms with Gasteiger partial charge in [0.15, 0.2) is 6.10 Å². The summed E-state index contributed by atoms with van der Waals surface area (Å²) in [6.45, 7) is 0.823. The number of terminal acetylenes is 1. The summed E-state index contributed by atoms with van der Waals surface area (Å²) in [5, 5.41) is 0. The molecule has 2 aromatic carbocycles. The number of hydrogen-bond acceptors (Lipinski definition) is 4. The van der Waals surface area contributed by atoms with E-state index in [9.17, 15) is 23.2 Å². The van der Waals surface area contributed by atoms with E-state index in [4.69, 9.17) is 11.2 Å². The van der Waals surface area contributed by atoms with Gasteiger partial charge in [0.25, 0.3) is 0 Å². The van der Waals surface area contributed by atoms with Gasteiger partial charge < -0.3 is 9.64 Å². The van der Waals surface area contributed by atoms with Gasteiger partial charge in [0.1, 0.15) is 19.1 Å². The van der Waals surface area contributed by atoms with Gasteiger partial charge in [-0.2, -0.15) is 0 Å². The molecule has 7 nitrogen and oxygen atoms in total. The number of urea groups is 1. The minimum atomic E-state index is -1.20. The van der Waals surface area contributed by atoms with Crippen LogP contribution in [0.1, 0.15) is 29.5 Å². The molecule has 0 atom stereocenters. The molecule has 1 heterocycles. The van der Waals surface area contributed by atoms with Crippen LogP contribution in [-0.4, -0.2) is 67.2 Å². The van der Waals surface area contributed by atoms with Crippen LogP contribution in [0.15, 0.2) is 42.5 Å². The standard InChI is InChI=1S/C27H29F2N3O4/c1-3-21-4-6-22(7-5-21)17-31(19-34)27(35)32(23-10-12-30(18-33)13-11-23)26-9-8-24(14-20(26)2)36-25(15-28)16-29/h1,4-9,14,18-19,23,25H,10-13,15-17H2,2H3. The maximum atomic E-state index is 13.7. The van der Waals surface area contributed by atoms with Crippen molar-refractivity contribution in [2.75, 3.05) is 31.3 Å². The van der Waals surface area contributed by atoms with E-state index in [1.165, 1.54) is 0 Å². The Morgan fingerprint density at radius 1 is 1.17 bits per heavy atom. The van der Waals surface area contributed by atoms with E-state index in [1.54, 1.807) is 59.2 Å². The molecular weight excluding hydrogens is 468 g/mol. The summed E-state index contributed by atoms with van der Waals surface area (Å²) in [6, 6.07) is 11.0. The van der Waals surface area contributed by atoms with Crippen LogP contribution in [0.25, 0.3) is 0 Å². The molecule has 3 rings (SSSR count). The zero-order chi connectivity index (χ0) is 26.1. The van der Waals surface area contributed by atoms with Gasteiger partial charge in [-0.3, -0.25) is 19.4 Å². The second kappa shape index (κ2) is 12.7. The van der Waals surface area contributed by atoms with E-state index >= 15 is 0 Å². The molecule has 0 bridgehead atoms. The smallest absolute Gasteiger partial charge is 0.331 e. The number of carbonyl (C=O) groups excluding carboxylic acids is 3. The molecule has 1 aliphatic rings. The Labute approximate surface area is 209 Å². The number of carbonyl (C=O) groups is 3. The van der Waals surface area contributed by atoms with Crippen molar-refractivity contribution >= 4 is 24.5 Å². The normalized spacial score (nSPS) is 13.7. The van der Waals surface area contributed by atoms with Crippen molar-refractivity contribution in [3.8, 4) is 18.1 Å². The third-order valence-electron chi connectivity index (χ3n) is 6.14. The highest BCUT2D eigenvalue weighted by Gasteiger charge is 2.33. The number of anilines is 1. The van der Waals surface area contributed by atoms with Gasteiger partial charge in [-0.15, -0.1) is 6.42 Å². The Balaban J connectivity index is 1.91. The summed E-state index contributed by atoms with van der Waals surface area (Å²) < 4.78 is 31.2. The number of hydrogen-bond donors (Lipinski definition) is 0. The summed E-state index contributed by atoms with van der Waals surface area (Å²) in [7, 11) is 0. The lowest BCUT2D eigenvalue weighted by Gasteiger charge is -2.39. The number of alkyl halides is 2. The SMILES string of the molecule is C#Cc1ccc(CN(C=O)C(=O)N(c2ccc(OC(CF)CF)cc2C)C2CCN(C=O)CC2)cc1. The minimum Gasteiger partial charge on any atom is -0.485 e. The highest BCUT2D eigenvalue weighted by atomic mass is 19.1. The minimum absolute atomic E-state index is 0.0474. The zero-order valence-electron chi connectivity index (χ0n) is 20.1. The van der Waals surface area contributed by atoms with E-state index < -0.39 is 25.5 Å². The van der Waals surface area contributed by atoms with Gasteiger partial charge >= 0.3 is 6.03 Å². The average molecular weight is 498 g/mol. The van der Waals surface area contributed by atoms with Gasteiger partial charge in [-0.25, -0.2) is 13.6 Å². The summed E-state index contributed by atoms with van der Waals surface area (Å²) in [6.07, 6.45) is 6.52. The molecule has 0 saturated carbocycles. The lowest BCUT2D eigenvalue weighted by Crippen LogP contribution is -2.52. The fraction of sp³-hybridized carbons (Fsp3) is 0.370. The first kappa shape index (κ1) is 26.7. The molecule has 1 aliphatic heterocycles. The van der Waals surface area contributed by atoms with Crippen molar-refractivity contribution in [1.82, 2.24) is 9.80 Å². The van der Waals surface area contributed by atoms with Gasteiger partial charge in [0, 0.05) is 30.4 Å². The molecule has 2 aromatic rings. The van der Waals surface area contributed by atoms with E-state index in [-0.39, 0.29) is 18.3 Å². The maximum absolute atomic E-state index is 13.7. The second-order valence-corrected chi connectivity index (χ2v) is 8.60. The molecule has 0 aliphatic carbocycles. The Bertz CT molecular complexity index is 1090. The first-order valence-corrected chi connectivity index (χ1v) is 11.6. The maximum Gasteiger partial charge on any atom is 0.331 e. The van der Waals surface area contributed by atoms with Crippen LogP contribution in [-0.2, 0) is 16.1 Å². The summed E-state index contributed by atoms with van der Waals surface area (Å²) in [4.78, 5) is 41.2. The molecule has 9 heteroatoms. The largest absolute Gasteiger partial charge is 0.485 e. The first-order chi connectivity index (χ1) is 17.4. The Morgan fingerprint density at radius 2 is 1.83 bits per heavy atom. The number of imide groups is 1. The third-order valence-corrected chi connectivity index (χ3v) is 6.14. The van der Waals surface area contributed by atoms with Crippen LogP contribution in [0.4, 0.5) is 19.3 Å². The topological polar surface area (TPSA) is 70.2 Å². The summed E-state index contributed by atoms with van der Waals surface area (Å²) in [5.41, 5.74) is 2.60. The van der Waals surface area contributed by atoms with E-state index in [1.807, 2.05) is 0 Å². The lowest BCUT2D eigenvalue weighted by atomic mass is 10.0. The summed E-state index contributed by atoms with van der Waals surface area (Å²) >= 11 is 0. The van der Waals surface area contributed by atoms with Crippen molar-refractivity contribution in [2.45, 2.75) is 38.5 Å². The number of likely N-dealkylation sites (tertiary alicyclic amines) is 1. The number of benzene rings is 2. The Hall–Kier alpha value is -3.93. The molecule has 0 aromatic heterocycles. The predicted molar refractivity (Wildman–Crippen MR) is 132 cm³/mol. The first-order valence-electron chi connectivity index (χ1n) is 11.6. The van der Waals surface area contributed by atoms with Crippen LogP contribution in [0.5, 0.6) is 5.75 Å². The van der Waals surface area contributed by atoms with Crippen molar-refractivity contribution in [3.05, 3.63) is 59.2 Å². The Morgan fingerprint density at radius 3 is 2.36 bits per heavy atom. The van der Waals surface area contributed by atoms with Crippen LogP contribution in [0.2, 0.25) is 0 Å². The highest BCUT2D eigenvalue weighted by molar-refractivity contribution is 5.98.